The summed E-state index contributed by atoms with van der Waals surface area (Å²) in [6.07, 6.45) is 6.60. The molecule has 0 spiro atoms. The first-order valence-corrected chi connectivity index (χ1v) is 12.6. The van der Waals surface area contributed by atoms with Gasteiger partial charge in [0.2, 0.25) is 0 Å². The lowest BCUT2D eigenvalue weighted by Crippen LogP contribution is -2.30. The molecule has 3 heterocycles. The zero-order chi connectivity index (χ0) is 21.6. The van der Waals surface area contributed by atoms with E-state index in [0.717, 1.165) is 51.7 Å². The van der Waals surface area contributed by atoms with Crippen molar-refractivity contribution in [1.29, 1.82) is 0 Å². The fourth-order valence-corrected chi connectivity index (χ4v) is 4.78. The molecule has 0 atom stereocenters. The number of nitrogens with one attached hydrogen (secondary N) is 1. The zero-order valence-corrected chi connectivity index (χ0v) is 20.1. The van der Waals surface area contributed by atoms with Crippen LogP contribution >= 0.6 is 27.7 Å². The van der Waals surface area contributed by atoms with Crippen molar-refractivity contribution >= 4 is 50.5 Å². The van der Waals surface area contributed by atoms with E-state index in [2.05, 4.69) is 38.2 Å². The number of fused-ring (bicyclic) bond motifs is 1. The Morgan fingerprint density at radius 1 is 1.23 bits per heavy atom. The van der Waals surface area contributed by atoms with E-state index in [1.54, 1.807) is 17.8 Å². The molecule has 1 aromatic carbocycles. The summed E-state index contributed by atoms with van der Waals surface area (Å²) in [4.78, 5) is 24.5. The monoisotopic (exact) mass is 502 g/mol. The van der Waals surface area contributed by atoms with Gasteiger partial charge in [-0.2, -0.15) is 5.10 Å². The zero-order valence-electron chi connectivity index (χ0n) is 17.7. The summed E-state index contributed by atoms with van der Waals surface area (Å²) in [5, 5.41) is 9.34. The van der Waals surface area contributed by atoms with Crippen molar-refractivity contribution in [3.8, 4) is 0 Å². The van der Waals surface area contributed by atoms with Crippen LogP contribution in [0.3, 0.4) is 0 Å². The number of piperidine rings is 1. The molecule has 1 aliphatic heterocycles. The van der Waals surface area contributed by atoms with Gasteiger partial charge in [-0.05, 0) is 43.9 Å². The molecule has 1 aliphatic rings. The molecular weight excluding hydrogens is 476 g/mol. The number of carbonyl (C=O) groups is 1. The summed E-state index contributed by atoms with van der Waals surface area (Å²) in [5.74, 6) is 1.88. The largest absolute Gasteiger partial charge is 0.356 e. The van der Waals surface area contributed by atoms with Crippen LogP contribution in [0.5, 0.6) is 0 Å². The first-order chi connectivity index (χ1) is 15.2. The third kappa shape index (κ3) is 5.38. The smallest absolute Gasteiger partial charge is 0.251 e. The van der Waals surface area contributed by atoms with Crippen LogP contribution in [0.2, 0.25) is 0 Å². The first-order valence-electron chi connectivity index (χ1n) is 10.8. The number of carbonyl (C=O) groups excluding carboxylic acids is 1. The highest BCUT2D eigenvalue weighted by Gasteiger charge is 2.20. The van der Waals surface area contributed by atoms with E-state index < -0.39 is 0 Å². The Bertz CT molecular complexity index is 1050. The van der Waals surface area contributed by atoms with Crippen molar-refractivity contribution < 1.29 is 4.79 Å². The van der Waals surface area contributed by atoms with Crippen molar-refractivity contribution in [3.63, 3.8) is 0 Å². The number of aromatic nitrogens is 4. The van der Waals surface area contributed by atoms with Crippen LogP contribution in [0, 0.1) is 0 Å². The van der Waals surface area contributed by atoms with Crippen molar-refractivity contribution in [2.45, 2.75) is 44.3 Å². The Kier molecular flexibility index (Phi) is 7.45. The lowest BCUT2D eigenvalue weighted by atomic mass is 10.1. The molecule has 31 heavy (non-hydrogen) atoms. The Morgan fingerprint density at radius 2 is 2.06 bits per heavy atom. The first kappa shape index (κ1) is 22.1. The summed E-state index contributed by atoms with van der Waals surface area (Å²) in [5.41, 5.74) is 1.47. The van der Waals surface area contributed by atoms with Gasteiger partial charge in [0.1, 0.15) is 5.82 Å². The van der Waals surface area contributed by atoms with E-state index in [4.69, 9.17) is 9.97 Å². The highest BCUT2D eigenvalue weighted by molar-refractivity contribution is 9.10. The van der Waals surface area contributed by atoms with E-state index in [0.29, 0.717) is 18.7 Å². The second-order valence-electron chi connectivity index (χ2n) is 7.60. The minimum Gasteiger partial charge on any atom is -0.356 e. The number of hydrogen-bond donors (Lipinski definition) is 1. The summed E-state index contributed by atoms with van der Waals surface area (Å²) >= 11 is 5.10. The molecule has 0 saturated carbocycles. The predicted molar refractivity (Wildman–Crippen MR) is 129 cm³/mol. The summed E-state index contributed by atoms with van der Waals surface area (Å²) in [6.45, 7) is 5.24. The van der Waals surface area contributed by atoms with Gasteiger partial charge >= 0.3 is 0 Å². The average Bonchev–Trinajstić information content (AvgIpc) is 3.20. The molecule has 164 valence electrons. The van der Waals surface area contributed by atoms with E-state index in [1.807, 2.05) is 29.1 Å². The number of nitrogens with zero attached hydrogens (tertiary/aromatic N) is 5. The van der Waals surface area contributed by atoms with Crippen molar-refractivity contribution in [2.24, 2.45) is 0 Å². The van der Waals surface area contributed by atoms with Crippen molar-refractivity contribution in [1.82, 2.24) is 25.1 Å². The highest BCUT2D eigenvalue weighted by atomic mass is 79.9. The van der Waals surface area contributed by atoms with Crippen LogP contribution in [-0.2, 0) is 6.54 Å². The van der Waals surface area contributed by atoms with Crippen LogP contribution in [0.15, 0.2) is 40.1 Å². The van der Waals surface area contributed by atoms with Gasteiger partial charge < -0.3 is 10.2 Å². The second-order valence-corrected chi connectivity index (χ2v) is 9.57. The summed E-state index contributed by atoms with van der Waals surface area (Å²) < 4.78 is 2.76. The van der Waals surface area contributed by atoms with Crippen LogP contribution < -0.4 is 10.2 Å². The molecule has 0 bridgehead atoms. The number of benzene rings is 1. The number of thioether (sulfide) groups is 1. The van der Waals surface area contributed by atoms with E-state index >= 15 is 0 Å². The minimum atomic E-state index is -0.0967. The van der Waals surface area contributed by atoms with E-state index in [9.17, 15) is 4.79 Å². The van der Waals surface area contributed by atoms with Gasteiger partial charge in [-0.25, -0.2) is 14.6 Å². The third-order valence-corrected chi connectivity index (χ3v) is 6.79. The second kappa shape index (κ2) is 10.5. The Balaban J connectivity index is 1.52. The van der Waals surface area contributed by atoms with Crippen LogP contribution in [-0.4, -0.2) is 51.0 Å². The normalized spacial score (nSPS) is 14.2. The Hall–Kier alpha value is -2.13. The molecule has 7 nitrogen and oxygen atoms in total. The molecular formula is C22H27BrN6OS. The fraction of sp³-hybridized carbons (Fsp3) is 0.455. The number of rotatable bonds is 8. The molecule has 1 N–H and O–H groups in total. The minimum absolute atomic E-state index is 0.0967. The van der Waals surface area contributed by atoms with Gasteiger partial charge in [-0.3, -0.25) is 4.79 Å². The van der Waals surface area contributed by atoms with Crippen LogP contribution in [0.4, 0.5) is 5.82 Å². The molecule has 3 aromatic rings. The summed E-state index contributed by atoms with van der Waals surface area (Å²) in [7, 11) is 0. The standard InChI is InChI=1S/C22H27BrN6OS/c1-2-13-31-22-26-19(28-10-4-3-5-11-28)18-15-25-29(20(18)27-22)12-9-24-21(30)16-7-6-8-17(23)14-16/h6-8,14-15H,2-5,9-13H2,1H3,(H,24,30). The molecule has 4 rings (SSSR count). The molecule has 9 heteroatoms. The Morgan fingerprint density at radius 3 is 2.84 bits per heavy atom. The number of amides is 1. The van der Waals surface area contributed by atoms with Gasteiger partial charge in [0.05, 0.1) is 18.1 Å². The highest BCUT2D eigenvalue weighted by Crippen LogP contribution is 2.29. The molecule has 2 aromatic heterocycles. The van der Waals surface area contributed by atoms with Crippen LogP contribution in [0.1, 0.15) is 43.0 Å². The van der Waals surface area contributed by atoms with E-state index in [1.165, 1.54) is 19.3 Å². The van der Waals surface area contributed by atoms with E-state index in [-0.39, 0.29) is 5.91 Å². The van der Waals surface area contributed by atoms with Gasteiger partial charge in [0, 0.05) is 35.4 Å². The molecule has 0 radical (unpaired) electrons. The van der Waals surface area contributed by atoms with Gasteiger partial charge in [0.15, 0.2) is 10.8 Å². The molecule has 1 fully saturated rings. The lowest BCUT2D eigenvalue weighted by molar-refractivity contribution is 0.0952. The molecule has 1 amide bonds. The number of halogens is 1. The predicted octanol–water partition coefficient (Wildman–Crippen LogP) is 4.51. The SMILES string of the molecule is CCCSc1nc(N2CCCCC2)c2cnn(CCNC(=O)c3cccc(Br)c3)c2n1. The van der Waals surface area contributed by atoms with Gasteiger partial charge in [0.25, 0.3) is 5.91 Å². The maximum absolute atomic E-state index is 12.4. The number of anilines is 1. The maximum atomic E-state index is 12.4. The Labute approximate surface area is 195 Å². The van der Waals surface area contributed by atoms with Gasteiger partial charge in [-0.15, -0.1) is 0 Å². The van der Waals surface area contributed by atoms with Crippen molar-refractivity contribution in [2.75, 3.05) is 30.3 Å². The summed E-state index contributed by atoms with van der Waals surface area (Å²) in [6, 6.07) is 7.38. The lowest BCUT2D eigenvalue weighted by Gasteiger charge is -2.28. The van der Waals surface area contributed by atoms with Gasteiger partial charge in [-0.1, -0.05) is 40.7 Å². The van der Waals surface area contributed by atoms with Crippen LogP contribution in [0.25, 0.3) is 11.0 Å². The topological polar surface area (TPSA) is 75.9 Å². The molecule has 0 aliphatic carbocycles. The average molecular weight is 503 g/mol. The third-order valence-electron chi connectivity index (χ3n) is 5.24. The molecule has 1 saturated heterocycles. The maximum Gasteiger partial charge on any atom is 0.251 e. The molecule has 0 unspecified atom stereocenters. The fourth-order valence-electron chi connectivity index (χ4n) is 3.70. The quantitative estimate of drug-likeness (QED) is 0.360. The number of hydrogen-bond acceptors (Lipinski definition) is 6. The van der Waals surface area contributed by atoms with Crippen molar-refractivity contribution in [3.05, 3.63) is 40.5 Å².